The van der Waals surface area contributed by atoms with E-state index in [1.807, 2.05) is 138 Å². The van der Waals surface area contributed by atoms with Gasteiger partial charge in [0.1, 0.15) is 28.5 Å². The number of para-hydroxylation sites is 3. The summed E-state index contributed by atoms with van der Waals surface area (Å²) >= 11 is 0. The van der Waals surface area contributed by atoms with Gasteiger partial charge in [-0.2, -0.15) is 0 Å². The second-order valence-corrected chi connectivity index (χ2v) is 29.3. The van der Waals surface area contributed by atoms with E-state index in [9.17, 15) is 16.4 Å². The molecule has 0 fully saturated rings. The van der Waals surface area contributed by atoms with Gasteiger partial charge < -0.3 is 9.15 Å². The molecule has 0 unspecified atom stereocenters. The molecule has 1 aliphatic rings. The number of nitrogens with zero attached hydrogens (tertiary/aromatic N) is 4. The molecule has 6 nitrogen and oxygen atoms in total. The van der Waals surface area contributed by atoms with E-state index in [-0.39, 0.29) is 10.6 Å². The molecule has 446 valence electrons. The van der Waals surface area contributed by atoms with Gasteiger partial charge in [0, 0.05) is 33.8 Å². The van der Waals surface area contributed by atoms with Crippen LogP contribution in [0.5, 0.6) is 11.5 Å². The van der Waals surface area contributed by atoms with Crippen LogP contribution in [-0.2, 0) is 10.8 Å². The van der Waals surface area contributed by atoms with Gasteiger partial charge in [-0.15, -0.1) is 0 Å². The molecule has 17 rings (SSSR count). The molecule has 0 saturated heterocycles. The van der Waals surface area contributed by atoms with Crippen LogP contribution in [0.15, 0.2) is 295 Å². The van der Waals surface area contributed by atoms with Crippen LogP contribution in [0.3, 0.4) is 0 Å². The molecule has 16 aromatic rings. The van der Waals surface area contributed by atoms with Crippen molar-refractivity contribution in [3.05, 3.63) is 308 Å². The molecule has 0 spiro atoms. The fraction of sp³-hybridized carbons (Fsp3) is 0.0930. The summed E-state index contributed by atoms with van der Waals surface area (Å²) in [6.45, 7) is 12.9. The Labute approximate surface area is 563 Å². The van der Waals surface area contributed by atoms with Gasteiger partial charge in [0.2, 0.25) is 0 Å². The van der Waals surface area contributed by atoms with E-state index in [0.29, 0.717) is 45.1 Å². The molecule has 12 aromatic carbocycles. The summed E-state index contributed by atoms with van der Waals surface area (Å²) in [5, 5.41) is 2.17. The highest BCUT2D eigenvalue weighted by atomic mass is 28.3. The SMILES string of the molecule is [2H]c1c([2H])c([2H])c([Si](c2ccc3c(c2)-c2cccc(C(C)(C)C)c2-[n+]2[c-]n(-c4cccc(Oc5ccc6c7ccccc7n(-c7cc(C(C)(C)C)ccn7)c6c5)c4)c4cc(-c5ccc6oc7ccccc7c6c5)cc(c42)-c2ccccc2-3)(c2c([2H])c([2H])c([2H])c([2H])c2[2H])c2c([2H])c([2H])c([2H])c([2H])c2[2H])c([2H])c1[2H]. The molecule has 0 saturated carbocycles. The third-order valence-electron chi connectivity index (χ3n) is 18.2. The molecule has 0 atom stereocenters. The van der Waals surface area contributed by atoms with Crippen molar-refractivity contribution in [2.24, 2.45) is 0 Å². The molecule has 0 N–H and O–H groups in total. The standard InChI is InChI=1S/C86H66N4O2Si/c1-85(2,3)58-46-47-87-82(51-58)90-77-38-20-18-34-69(77)70-43-41-61(53-78(70)90)91-60-25-22-24-59(52-60)88-55-89-83-72(36-23-37-76(83)86(4,5)6)73-54-65(93(62-26-10-7-11-27-62,63-28-12-8-13-29-63)64-30-14-9-15-31-64)42-44-68(73)66-32-16-17-33-67(66)75-49-57(50-79(88)84(75)89)56-40-45-81-74(48-56)71-35-19-21-39-80(71)92-81/h7-54H,1-6H3/i7D,8D,9D,10D,11D,12D,13D,14D,15D,26D,27D,28D,29D,30D,31D. The number of hydrogen-bond donors (Lipinski definition) is 0. The normalized spacial score (nSPS) is 14.7. The van der Waals surface area contributed by atoms with Crippen molar-refractivity contribution in [3.8, 4) is 73.2 Å². The van der Waals surface area contributed by atoms with E-state index >= 15 is 0 Å². The van der Waals surface area contributed by atoms with E-state index in [1.165, 1.54) is 0 Å². The van der Waals surface area contributed by atoms with Crippen LogP contribution in [0.4, 0.5) is 0 Å². The lowest BCUT2D eigenvalue weighted by Crippen LogP contribution is -2.74. The van der Waals surface area contributed by atoms with Gasteiger partial charge in [-0.3, -0.25) is 13.7 Å². The number of aromatic nitrogens is 4. The number of furan rings is 1. The van der Waals surface area contributed by atoms with Crippen LogP contribution < -0.4 is 30.1 Å². The van der Waals surface area contributed by atoms with E-state index < -0.39 is 120 Å². The summed E-state index contributed by atoms with van der Waals surface area (Å²) in [6, 6.07) is 51.1. The van der Waals surface area contributed by atoms with Crippen LogP contribution in [0, 0.1) is 6.33 Å². The number of pyridine rings is 1. The fourth-order valence-electron chi connectivity index (χ4n) is 13.9. The molecule has 0 aliphatic carbocycles. The summed E-state index contributed by atoms with van der Waals surface area (Å²) in [5.74, 6) is 1.88. The zero-order valence-corrected chi connectivity index (χ0v) is 52.7. The number of imidazole rings is 1. The molecule has 93 heavy (non-hydrogen) atoms. The highest BCUT2D eigenvalue weighted by Crippen LogP contribution is 2.47. The van der Waals surface area contributed by atoms with E-state index in [1.54, 1.807) is 18.2 Å². The lowest BCUT2D eigenvalue weighted by Gasteiger charge is -2.35. The molecular weight excluding hydrogens is 1150 g/mol. The minimum atomic E-state index is -5.64. The lowest BCUT2D eigenvalue weighted by molar-refractivity contribution is -0.572. The predicted octanol–water partition coefficient (Wildman–Crippen LogP) is 18.8. The Kier molecular flexibility index (Phi) is 9.72. The zero-order valence-electron chi connectivity index (χ0n) is 66.7. The van der Waals surface area contributed by atoms with Crippen molar-refractivity contribution in [1.29, 1.82) is 0 Å². The monoisotopic (exact) mass is 1230 g/mol. The van der Waals surface area contributed by atoms with Gasteiger partial charge in [-0.25, -0.2) is 4.98 Å². The van der Waals surface area contributed by atoms with E-state index in [0.717, 1.165) is 94.0 Å². The van der Waals surface area contributed by atoms with Crippen molar-refractivity contribution in [1.82, 2.24) is 14.1 Å². The third-order valence-corrected chi connectivity index (χ3v) is 22.4. The highest BCUT2D eigenvalue weighted by Gasteiger charge is 2.42. The second kappa shape index (κ2) is 21.5. The van der Waals surface area contributed by atoms with Crippen molar-refractivity contribution >= 4 is 83.6 Å². The molecule has 4 aromatic heterocycles. The number of ether oxygens (including phenoxy) is 1. The lowest BCUT2D eigenvalue weighted by atomic mass is 9.82. The van der Waals surface area contributed by atoms with Gasteiger partial charge in [0.15, 0.2) is 8.07 Å². The first-order valence-corrected chi connectivity index (χ1v) is 32.9. The summed E-state index contributed by atoms with van der Waals surface area (Å²) in [4.78, 5) is 4.93. The molecule has 1 aliphatic heterocycles. The summed E-state index contributed by atoms with van der Waals surface area (Å²) in [6.07, 6.45) is 5.79. The molecular formula is C86H66N4O2Si. The minimum absolute atomic E-state index is 0.0248. The van der Waals surface area contributed by atoms with Crippen LogP contribution >= 0.6 is 0 Å². The summed E-state index contributed by atoms with van der Waals surface area (Å²) < 4.78 is 162. The Hall–Kier alpha value is -11.1. The Bertz CT molecular complexity index is 6350. The molecule has 0 radical (unpaired) electrons. The average Bonchev–Trinajstić information content (AvgIpc) is 0.841. The highest BCUT2D eigenvalue weighted by molar-refractivity contribution is 7.20. The molecule has 5 heterocycles. The Balaban J connectivity index is 0.973. The predicted molar refractivity (Wildman–Crippen MR) is 386 cm³/mol. The first kappa shape index (κ1) is 42.0. The third kappa shape index (κ3) is 9.12. The largest absolute Gasteiger partial charge is 0.458 e. The van der Waals surface area contributed by atoms with Crippen molar-refractivity contribution < 1.29 is 34.3 Å². The van der Waals surface area contributed by atoms with Crippen molar-refractivity contribution in [2.75, 3.05) is 0 Å². The van der Waals surface area contributed by atoms with Crippen LogP contribution in [0.1, 0.15) is 73.2 Å². The Morgan fingerprint density at radius 2 is 1.09 bits per heavy atom. The zero-order chi connectivity index (χ0) is 75.8. The fourth-order valence-corrected chi connectivity index (χ4v) is 17.7. The Morgan fingerprint density at radius 1 is 0.452 bits per heavy atom. The summed E-state index contributed by atoms with van der Waals surface area (Å²) in [7, 11) is -5.64. The Morgan fingerprint density at radius 3 is 1.82 bits per heavy atom. The maximum Gasteiger partial charge on any atom is 0.269 e. The topological polar surface area (TPSA) is 49.0 Å². The van der Waals surface area contributed by atoms with Crippen LogP contribution in [0.25, 0.3) is 116 Å². The quantitative estimate of drug-likeness (QED) is 0.0626. The molecule has 0 amide bonds. The average molecular weight is 1230 g/mol. The number of benzene rings is 12. The van der Waals surface area contributed by atoms with Crippen molar-refractivity contribution in [2.45, 2.75) is 52.4 Å². The minimum Gasteiger partial charge on any atom is -0.458 e. The van der Waals surface area contributed by atoms with Crippen LogP contribution in [0.2, 0.25) is 0 Å². The van der Waals surface area contributed by atoms with Gasteiger partial charge in [-0.05, 0) is 160 Å². The van der Waals surface area contributed by atoms with Crippen molar-refractivity contribution in [3.63, 3.8) is 0 Å². The van der Waals surface area contributed by atoms with Gasteiger partial charge >= 0.3 is 0 Å². The van der Waals surface area contributed by atoms with E-state index in [4.69, 9.17) is 18.3 Å². The summed E-state index contributed by atoms with van der Waals surface area (Å²) in [5.41, 5.74) is 12.8. The number of rotatable bonds is 9. The first-order valence-electron chi connectivity index (χ1n) is 38.4. The molecule has 7 heteroatoms. The molecule has 0 bridgehead atoms. The number of hydrogen-bond acceptors (Lipinski definition) is 3. The van der Waals surface area contributed by atoms with Gasteiger partial charge in [0.25, 0.3) is 6.33 Å². The maximum atomic E-state index is 9.98. The van der Waals surface area contributed by atoms with Gasteiger partial charge in [0.05, 0.1) is 54.0 Å². The second-order valence-electron chi connectivity index (χ2n) is 25.8. The number of fused-ring (bicyclic) bond motifs is 13. The van der Waals surface area contributed by atoms with E-state index in [2.05, 4.69) is 106 Å². The smallest absolute Gasteiger partial charge is 0.269 e. The first-order chi connectivity index (χ1) is 51.6. The maximum absolute atomic E-state index is 9.98. The van der Waals surface area contributed by atoms with Gasteiger partial charge in [-0.1, -0.05) is 247 Å². The van der Waals surface area contributed by atoms with Crippen LogP contribution in [-0.4, -0.2) is 22.2 Å².